The van der Waals surface area contributed by atoms with E-state index < -0.39 is 5.82 Å². The lowest BCUT2D eigenvalue weighted by molar-refractivity contribution is 0.430. The summed E-state index contributed by atoms with van der Waals surface area (Å²) in [4.78, 5) is 2.18. The molecule has 0 bridgehead atoms. The molecule has 2 aliphatic heterocycles. The molecule has 6 rings (SSSR count). The predicted molar refractivity (Wildman–Crippen MR) is 125 cm³/mol. The van der Waals surface area contributed by atoms with Gasteiger partial charge in [0.1, 0.15) is 17.3 Å². The predicted octanol–water partition coefficient (Wildman–Crippen LogP) is 4.05. The molecule has 1 fully saturated rings. The summed E-state index contributed by atoms with van der Waals surface area (Å²) in [5.74, 6) is 0.168. The Morgan fingerprint density at radius 1 is 1.21 bits per heavy atom. The maximum Gasteiger partial charge on any atom is 0.171 e. The number of nitriles is 1. The first-order chi connectivity index (χ1) is 16.0. The second-order valence-corrected chi connectivity index (χ2v) is 9.34. The van der Waals surface area contributed by atoms with Crippen molar-refractivity contribution in [1.29, 1.82) is 5.26 Å². The lowest BCUT2D eigenvalue weighted by Gasteiger charge is -2.34. The van der Waals surface area contributed by atoms with E-state index in [0.717, 1.165) is 42.8 Å². The van der Waals surface area contributed by atoms with Crippen LogP contribution in [0.5, 0.6) is 0 Å². The third-order valence-electron chi connectivity index (χ3n) is 7.26. The molecule has 0 amide bonds. The topological polar surface area (TPSA) is 74.2 Å². The Kier molecular flexibility index (Phi) is 4.63. The summed E-state index contributed by atoms with van der Waals surface area (Å²) in [6.45, 7) is 7.81. The molecule has 2 aliphatic rings. The van der Waals surface area contributed by atoms with Gasteiger partial charge in [-0.25, -0.2) is 8.91 Å². The molecule has 7 nitrogen and oxygen atoms in total. The molecule has 1 N–H and O–H groups in total. The molecule has 168 valence electrons. The minimum absolute atomic E-state index is 0.130. The van der Waals surface area contributed by atoms with Gasteiger partial charge in [-0.3, -0.25) is 4.68 Å². The number of rotatable bonds is 2. The van der Waals surface area contributed by atoms with Crippen molar-refractivity contribution in [1.82, 2.24) is 24.7 Å². The maximum atomic E-state index is 14.7. The van der Waals surface area contributed by atoms with Crippen molar-refractivity contribution < 1.29 is 4.39 Å². The van der Waals surface area contributed by atoms with Crippen molar-refractivity contribution in [2.24, 2.45) is 0 Å². The minimum atomic E-state index is -0.416. The van der Waals surface area contributed by atoms with Crippen LogP contribution in [0.25, 0.3) is 16.4 Å². The van der Waals surface area contributed by atoms with Crippen molar-refractivity contribution >= 4 is 22.1 Å². The zero-order chi connectivity index (χ0) is 22.7. The average molecular weight is 444 g/mol. The van der Waals surface area contributed by atoms with Gasteiger partial charge in [0.15, 0.2) is 5.82 Å². The van der Waals surface area contributed by atoms with Crippen molar-refractivity contribution in [3.05, 3.63) is 58.8 Å². The van der Waals surface area contributed by atoms with Crippen molar-refractivity contribution in [2.45, 2.75) is 45.2 Å². The molecular weight excluding hydrogens is 417 g/mol. The summed E-state index contributed by atoms with van der Waals surface area (Å²) in [5, 5.41) is 23.1. The second kappa shape index (κ2) is 7.56. The molecule has 4 aromatic rings. The monoisotopic (exact) mass is 443 g/mol. The van der Waals surface area contributed by atoms with Crippen LogP contribution in [-0.2, 0) is 6.54 Å². The van der Waals surface area contributed by atoms with E-state index in [4.69, 9.17) is 5.10 Å². The third kappa shape index (κ3) is 3.10. The summed E-state index contributed by atoms with van der Waals surface area (Å²) in [7, 11) is 0. The summed E-state index contributed by atoms with van der Waals surface area (Å²) in [6, 6.07) is 10.3. The normalized spacial score (nSPS) is 19.2. The van der Waals surface area contributed by atoms with Crippen molar-refractivity contribution in [2.75, 3.05) is 24.5 Å². The largest absolute Gasteiger partial charge is 0.362 e. The van der Waals surface area contributed by atoms with E-state index >= 15 is 0 Å². The summed E-state index contributed by atoms with van der Waals surface area (Å²) < 4.78 is 18.2. The van der Waals surface area contributed by atoms with Crippen molar-refractivity contribution in [3.63, 3.8) is 0 Å². The Morgan fingerprint density at radius 3 is 2.82 bits per heavy atom. The number of pyridine rings is 1. The highest BCUT2D eigenvalue weighted by Gasteiger charge is 2.29. The number of nitrogens with one attached hydrogen (secondary N) is 1. The molecule has 8 heteroatoms. The first-order valence-electron chi connectivity index (χ1n) is 11.6. The lowest BCUT2D eigenvalue weighted by atomic mass is 9.86. The first-order valence-corrected chi connectivity index (χ1v) is 11.6. The molecule has 1 atom stereocenters. The quantitative estimate of drug-likeness (QED) is 0.506. The Bertz CT molecular complexity index is 1420. The van der Waals surface area contributed by atoms with Crippen LogP contribution in [0.15, 0.2) is 30.5 Å². The fourth-order valence-electron chi connectivity index (χ4n) is 5.64. The van der Waals surface area contributed by atoms with Gasteiger partial charge in [-0.15, -0.1) is 0 Å². The highest BCUT2D eigenvalue weighted by Crippen LogP contribution is 2.36. The van der Waals surface area contributed by atoms with Crippen LogP contribution < -0.4 is 10.2 Å². The van der Waals surface area contributed by atoms with E-state index in [-0.39, 0.29) is 6.04 Å². The maximum absolute atomic E-state index is 14.7. The molecule has 1 saturated heterocycles. The van der Waals surface area contributed by atoms with E-state index in [9.17, 15) is 9.65 Å². The van der Waals surface area contributed by atoms with Crippen LogP contribution >= 0.6 is 0 Å². The number of nitrogens with zero attached hydrogens (tertiary/aromatic N) is 6. The van der Waals surface area contributed by atoms with E-state index in [2.05, 4.69) is 52.0 Å². The van der Waals surface area contributed by atoms with Crippen LogP contribution in [0.1, 0.15) is 54.2 Å². The number of piperidine rings is 1. The van der Waals surface area contributed by atoms with Crippen molar-refractivity contribution in [3.8, 4) is 6.07 Å². The lowest BCUT2D eigenvalue weighted by Crippen LogP contribution is -2.36. The number of hydrogen-bond donors (Lipinski definition) is 1. The summed E-state index contributed by atoms with van der Waals surface area (Å²) >= 11 is 0. The summed E-state index contributed by atoms with van der Waals surface area (Å²) in [6.07, 6.45) is 3.50. The Morgan fingerprint density at radius 2 is 2.03 bits per heavy atom. The Balaban J connectivity index is 1.44. The number of benzene rings is 1. The minimum Gasteiger partial charge on any atom is -0.362 e. The fraction of sp³-hybridized carbons (Fsp3) is 0.400. The standard InChI is InChI=1S/C25H26FN7/c1-15-9-20-22(10-19(15)17-5-7-28-8-6-17)30-32-16(2)13-31(14-24(20)32)23-4-3-18(11-27)33-25(23)21(26)12-29-33/h3-4,9-10,12,16-17,28H,5-8,13-14H2,1-2H3/t16-/m1/s1. The fourth-order valence-corrected chi connectivity index (χ4v) is 5.64. The van der Waals surface area contributed by atoms with Gasteiger partial charge < -0.3 is 10.2 Å². The zero-order valence-electron chi connectivity index (χ0n) is 18.8. The van der Waals surface area contributed by atoms with Gasteiger partial charge in [0.05, 0.1) is 35.7 Å². The van der Waals surface area contributed by atoms with Crippen LogP contribution in [0.3, 0.4) is 0 Å². The van der Waals surface area contributed by atoms with Gasteiger partial charge in [-0.2, -0.15) is 15.5 Å². The first kappa shape index (κ1) is 20.2. The highest BCUT2D eigenvalue weighted by atomic mass is 19.1. The van der Waals surface area contributed by atoms with Gasteiger partial charge >= 0.3 is 0 Å². The molecule has 0 aliphatic carbocycles. The summed E-state index contributed by atoms with van der Waals surface area (Å²) in [5.41, 5.74) is 6.34. The van der Waals surface area contributed by atoms with E-state index in [1.165, 1.54) is 27.2 Å². The average Bonchev–Trinajstić information content (AvgIpc) is 3.39. The number of anilines is 1. The van der Waals surface area contributed by atoms with E-state index in [0.29, 0.717) is 30.2 Å². The second-order valence-electron chi connectivity index (χ2n) is 9.34. The van der Waals surface area contributed by atoms with E-state index in [1.807, 2.05) is 6.07 Å². The van der Waals surface area contributed by atoms with Gasteiger partial charge in [0.25, 0.3) is 0 Å². The number of halogens is 1. The number of aromatic nitrogens is 4. The molecule has 1 aromatic carbocycles. The molecule has 33 heavy (non-hydrogen) atoms. The molecule has 0 radical (unpaired) electrons. The van der Waals surface area contributed by atoms with Crippen LogP contribution in [-0.4, -0.2) is 39.0 Å². The van der Waals surface area contributed by atoms with Crippen LogP contribution in [0.2, 0.25) is 0 Å². The Hall–Kier alpha value is -3.44. The highest BCUT2D eigenvalue weighted by molar-refractivity contribution is 5.85. The number of hydrogen-bond acceptors (Lipinski definition) is 5. The van der Waals surface area contributed by atoms with Gasteiger partial charge in [0, 0.05) is 11.9 Å². The number of aryl methyl sites for hydroxylation is 1. The molecule has 0 saturated carbocycles. The van der Waals surface area contributed by atoms with E-state index in [1.54, 1.807) is 6.07 Å². The Labute approximate surface area is 191 Å². The SMILES string of the molecule is Cc1cc2c3n(nc2cc1C1CCNCC1)[C@H](C)CN(c1ccc(C#N)n2ncc(F)c12)C3. The van der Waals surface area contributed by atoms with Gasteiger partial charge in [-0.1, -0.05) is 0 Å². The van der Waals surface area contributed by atoms with Crippen LogP contribution in [0, 0.1) is 24.1 Å². The zero-order valence-corrected chi connectivity index (χ0v) is 18.8. The third-order valence-corrected chi connectivity index (χ3v) is 7.26. The molecule has 5 heterocycles. The smallest absolute Gasteiger partial charge is 0.171 e. The molecule has 0 spiro atoms. The van der Waals surface area contributed by atoms with Gasteiger partial charge in [-0.05, 0) is 81.1 Å². The van der Waals surface area contributed by atoms with Crippen LogP contribution in [0.4, 0.5) is 10.1 Å². The molecular formula is C25H26FN7. The molecule has 0 unspecified atom stereocenters. The number of fused-ring (bicyclic) bond motifs is 4. The van der Waals surface area contributed by atoms with Gasteiger partial charge in [0.2, 0.25) is 0 Å². The molecule has 3 aromatic heterocycles.